The molecule has 1 nitrogen and oxygen atoms in total. The summed E-state index contributed by atoms with van der Waals surface area (Å²) in [7, 11) is -1.50. The molecule has 2 heteroatoms. The van der Waals surface area contributed by atoms with Crippen molar-refractivity contribution >= 4 is 14.4 Å². The molecule has 0 radical (unpaired) electrons. The Kier molecular flexibility index (Phi) is 4.60. The molecule has 0 fully saturated rings. The summed E-state index contributed by atoms with van der Waals surface area (Å²) in [6, 6.07) is 10.2. The van der Waals surface area contributed by atoms with Gasteiger partial charge in [0.05, 0.1) is 0 Å². The van der Waals surface area contributed by atoms with Crippen molar-refractivity contribution in [1.29, 1.82) is 0 Å². The molecular formula is C14H20OSi. The SMILES string of the molecule is CCC(=C=Cc1ccccc1)O[Si](C)(C)C. The lowest BCUT2D eigenvalue weighted by atomic mass is 10.2. The fraction of sp³-hybridized carbons (Fsp3) is 0.357. The van der Waals surface area contributed by atoms with Crippen LogP contribution in [0.5, 0.6) is 0 Å². The van der Waals surface area contributed by atoms with Gasteiger partial charge in [0.1, 0.15) is 5.76 Å². The van der Waals surface area contributed by atoms with Crippen molar-refractivity contribution < 1.29 is 4.43 Å². The standard InChI is InChI=1S/C14H20OSi/c1-5-14(15-16(2,3)4)12-11-13-9-7-6-8-10-13/h6-11H,5H2,1-4H3. The van der Waals surface area contributed by atoms with Gasteiger partial charge in [-0.2, -0.15) is 0 Å². The summed E-state index contributed by atoms with van der Waals surface area (Å²) < 4.78 is 5.92. The molecule has 0 saturated heterocycles. The molecular weight excluding hydrogens is 212 g/mol. The molecule has 0 saturated carbocycles. The van der Waals surface area contributed by atoms with E-state index >= 15 is 0 Å². The van der Waals surface area contributed by atoms with Crippen molar-refractivity contribution in [3.05, 3.63) is 47.4 Å². The van der Waals surface area contributed by atoms with Gasteiger partial charge in [0.2, 0.25) is 8.32 Å². The Morgan fingerprint density at radius 1 is 1.25 bits per heavy atom. The van der Waals surface area contributed by atoms with E-state index in [1.54, 1.807) is 0 Å². The van der Waals surface area contributed by atoms with Crippen molar-refractivity contribution in [1.82, 2.24) is 0 Å². The van der Waals surface area contributed by atoms with Crippen LogP contribution < -0.4 is 0 Å². The minimum atomic E-state index is -1.50. The first-order chi connectivity index (χ1) is 7.51. The van der Waals surface area contributed by atoms with E-state index in [-0.39, 0.29) is 0 Å². The van der Waals surface area contributed by atoms with Crippen LogP contribution in [0.15, 0.2) is 41.8 Å². The third-order valence-electron chi connectivity index (χ3n) is 1.95. The summed E-state index contributed by atoms with van der Waals surface area (Å²) in [4.78, 5) is 0. The van der Waals surface area contributed by atoms with Crippen molar-refractivity contribution in [3.8, 4) is 0 Å². The lowest BCUT2D eigenvalue weighted by Crippen LogP contribution is -2.24. The fourth-order valence-corrected chi connectivity index (χ4v) is 2.23. The van der Waals surface area contributed by atoms with Crippen LogP contribution in [0.3, 0.4) is 0 Å². The lowest BCUT2D eigenvalue weighted by molar-refractivity contribution is 0.407. The molecule has 0 amide bonds. The minimum absolute atomic E-state index is 0.896. The van der Waals surface area contributed by atoms with Crippen LogP contribution in [0.2, 0.25) is 19.6 Å². The van der Waals surface area contributed by atoms with E-state index < -0.39 is 8.32 Å². The van der Waals surface area contributed by atoms with Crippen molar-refractivity contribution in [3.63, 3.8) is 0 Å². The van der Waals surface area contributed by atoms with Gasteiger partial charge in [-0.25, -0.2) is 0 Å². The summed E-state index contributed by atoms with van der Waals surface area (Å²) in [5, 5.41) is 0. The smallest absolute Gasteiger partial charge is 0.242 e. The average Bonchev–Trinajstić information content (AvgIpc) is 2.24. The van der Waals surface area contributed by atoms with E-state index in [0.717, 1.165) is 17.7 Å². The topological polar surface area (TPSA) is 9.23 Å². The third kappa shape index (κ3) is 5.01. The quantitative estimate of drug-likeness (QED) is 0.423. The molecule has 0 aromatic heterocycles. The normalized spacial score (nSPS) is 10.5. The molecule has 0 aliphatic rings. The summed E-state index contributed by atoms with van der Waals surface area (Å²) in [5.41, 5.74) is 4.41. The van der Waals surface area contributed by atoms with Gasteiger partial charge >= 0.3 is 0 Å². The zero-order valence-corrected chi connectivity index (χ0v) is 11.6. The van der Waals surface area contributed by atoms with E-state index in [9.17, 15) is 0 Å². The predicted molar refractivity (Wildman–Crippen MR) is 72.7 cm³/mol. The van der Waals surface area contributed by atoms with Gasteiger partial charge in [0.25, 0.3) is 0 Å². The monoisotopic (exact) mass is 232 g/mol. The van der Waals surface area contributed by atoms with Gasteiger partial charge in [0.15, 0.2) is 0 Å². The van der Waals surface area contributed by atoms with Crippen molar-refractivity contribution in [2.45, 2.75) is 33.0 Å². The van der Waals surface area contributed by atoms with Crippen molar-refractivity contribution in [2.24, 2.45) is 0 Å². The molecule has 0 aliphatic heterocycles. The Morgan fingerprint density at radius 2 is 1.88 bits per heavy atom. The van der Waals surface area contributed by atoms with E-state index in [4.69, 9.17) is 4.43 Å². The lowest BCUT2D eigenvalue weighted by Gasteiger charge is -2.19. The van der Waals surface area contributed by atoms with E-state index in [1.165, 1.54) is 0 Å². The predicted octanol–water partition coefficient (Wildman–Crippen LogP) is 4.44. The molecule has 86 valence electrons. The maximum absolute atomic E-state index is 5.92. The van der Waals surface area contributed by atoms with E-state index in [0.29, 0.717) is 0 Å². The minimum Gasteiger partial charge on any atom is -0.542 e. The molecule has 1 rings (SSSR count). The van der Waals surface area contributed by atoms with Gasteiger partial charge < -0.3 is 4.43 Å². The second kappa shape index (κ2) is 5.74. The summed E-state index contributed by atoms with van der Waals surface area (Å²) in [5.74, 6) is 0.961. The Labute approximate surface area is 99.6 Å². The molecule has 16 heavy (non-hydrogen) atoms. The van der Waals surface area contributed by atoms with Gasteiger partial charge in [-0.15, -0.1) is 0 Å². The Morgan fingerprint density at radius 3 is 2.38 bits per heavy atom. The van der Waals surface area contributed by atoms with Gasteiger partial charge in [-0.3, -0.25) is 0 Å². The molecule has 0 spiro atoms. The summed E-state index contributed by atoms with van der Waals surface area (Å²) >= 11 is 0. The van der Waals surface area contributed by atoms with E-state index in [2.05, 4.69) is 44.4 Å². The molecule has 1 aromatic rings. The third-order valence-corrected chi connectivity index (χ3v) is 2.81. The largest absolute Gasteiger partial charge is 0.542 e. The molecule has 0 unspecified atom stereocenters. The molecule has 1 aromatic carbocycles. The number of benzene rings is 1. The Balaban J connectivity index is 2.84. The van der Waals surface area contributed by atoms with Crippen LogP contribution in [0.1, 0.15) is 18.9 Å². The molecule has 0 atom stereocenters. The number of rotatable bonds is 4. The van der Waals surface area contributed by atoms with E-state index in [1.807, 2.05) is 24.3 Å². The highest BCUT2D eigenvalue weighted by Crippen LogP contribution is 2.12. The molecule has 0 bridgehead atoms. The zero-order valence-electron chi connectivity index (χ0n) is 10.6. The average molecular weight is 232 g/mol. The van der Waals surface area contributed by atoms with Gasteiger partial charge in [0, 0.05) is 6.42 Å². The molecule has 0 aliphatic carbocycles. The first-order valence-electron chi connectivity index (χ1n) is 5.71. The summed E-state index contributed by atoms with van der Waals surface area (Å²) in [6.07, 6.45) is 2.88. The number of hydrogen-bond donors (Lipinski definition) is 0. The Bertz CT molecular complexity index is 381. The first-order valence-corrected chi connectivity index (χ1v) is 9.12. The maximum Gasteiger partial charge on any atom is 0.242 e. The number of allylic oxidation sites excluding steroid dienone is 1. The van der Waals surface area contributed by atoms with Crippen LogP contribution in [-0.2, 0) is 4.43 Å². The highest BCUT2D eigenvalue weighted by molar-refractivity contribution is 6.70. The summed E-state index contributed by atoms with van der Waals surface area (Å²) in [6.45, 7) is 8.66. The molecule has 0 N–H and O–H groups in total. The Hall–Kier alpha value is -1.24. The highest BCUT2D eigenvalue weighted by atomic mass is 28.4. The maximum atomic E-state index is 5.92. The number of hydrogen-bond acceptors (Lipinski definition) is 1. The molecule has 0 heterocycles. The van der Waals surface area contributed by atoms with Crippen LogP contribution in [-0.4, -0.2) is 8.32 Å². The van der Waals surface area contributed by atoms with Crippen molar-refractivity contribution in [2.75, 3.05) is 0 Å². The van der Waals surface area contributed by atoms with Crippen LogP contribution in [0, 0.1) is 0 Å². The second-order valence-electron chi connectivity index (χ2n) is 4.69. The highest BCUT2D eigenvalue weighted by Gasteiger charge is 2.16. The zero-order chi connectivity index (χ0) is 12.0. The van der Waals surface area contributed by atoms with Crippen LogP contribution >= 0.6 is 0 Å². The van der Waals surface area contributed by atoms with Gasteiger partial charge in [-0.05, 0) is 31.3 Å². The van der Waals surface area contributed by atoms with Crippen LogP contribution in [0.25, 0.3) is 6.08 Å². The fourth-order valence-electron chi connectivity index (χ4n) is 1.29. The van der Waals surface area contributed by atoms with Crippen LogP contribution in [0.4, 0.5) is 0 Å². The van der Waals surface area contributed by atoms with Gasteiger partial charge in [-0.1, -0.05) is 43.0 Å². The second-order valence-corrected chi connectivity index (χ2v) is 9.12. The first kappa shape index (κ1) is 12.8.